The average Bonchev–Trinajstić information content (AvgIpc) is 2.74. The standard InChI is InChI=1S/C24H17N3O2/c1-15-18(9-5-13-25-15)17-11-12-20-21(14-17)26-24(29)27(23(20)28)22-10-4-7-16-6-2-3-8-19(16)22/h2-14H,1H3,(H,26,29). The lowest BCUT2D eigenvalue weighted by Crippen LogP contribution is -2.33. The minimum atomic E-state index is -0.459. The number of rotatable bonds is 2. The van der Waals surface area contributed by atoms with Crippen LogP contribution in [0.15, 0.2) is 88.6 Å². The summed E-state index contributed by atoms with van der Waals surface area (Å²) in [7, 11) is 0. The van der Waals surface area contributed by atoms with E-state index >= 15 is 0 Å². The minimum Gasteiger partial charge on any atom is -0.306 e. The van der Waals surface area contributed by atoms with Crippen LogP contribution >= 0.6 is 0 Å². The van der Waals surface area contributed by atoms with E-state index in [1.807, 2.05) is 67.6 Å². The van der Waals surface area contributed by atoms with Crippen molar-refractivity contribution < 1.29 is 0 Å². The molecule has 0 spiro atoms. The average molecular weight is 379 g/mol. The molecule has 140 valence electrons. The zero-order valence-corrected chi connectivity index (χ0v) is 15.7. The Labute approximate surface area is 165 Å². The van der Waals surface area contributed by atoms with Crippen molar-refractivity contribution in [2.75, 3.05) is 0 Å². The van der Waals surface area contributed by atoms with Crippen molar-refractivity contribution in [3.8, 4) is 16.8 Å². The van der Waals surface area contributed by atoms with Crippen LogP contribution in [0.5, 0.6) is 0 Å². The molecule has 0 radical (unpaired) electrons. The summed E-state index contributed by atoms with van der Waals surface area (Å²) in [4.78, 5) is 33.3. The van der Waals surface area contributed by atoms with Gasteiger partial charge in [0.05, 0.1) is 16.6 Å². The van der Waals surface area contributed by atoms with Crippen molar-refractivity contribution in [2.45, 2.75) is 6.92 Å². The number of hydrogen-bond acceptors (Lipinski definition) is 3. The lowest BCUT2D eigenvalue weighted by atomic mass is 10.0. The molecule has 1 N–H and O–H groups in total. The number of H-pyrrole nitrogens is 1. The molecule has 0 atom stereocenters. The van der Waals surface area contributed by atoms with Gasteiger partial charge in [-0.2, -0.15) is 0 Å². The van der Waals surface area contributed by atoms with Gasteiger partial charge in [0.25, 0.3) is 5.56 Å². The Balaban J connectivity index is 1.78. The van der Waals surface area contributed by atoms with E-state index in [-0.39, 0.29) is 5.56 Å². The summed E-state index contributed by atoms with van der Waals surface area (Å²) in [6, 6.07) is 22.6. The minimum absolute atomic E-state index is 0.338. The van der Waals surface area contributed by atoms with E-state index in [0.717, 1.165) is 27.6 Å². The lowest BCUT2D eigenvalue weighted by molar-refractivity contribution is 0.908. The molecule has 2 heterocycles. The van der Waals surface area contributed by atoms with Gasteiger partial charge in [-0.1, -0.05) is 48.5 Å². The molecule has 0 amide bonds. The molecule has 0 aliphatic heterocycles. The number of nitrogens with zero attached hydrogens (tertiary/aromatic N) is 2. The molecule has 5 nitrogen and oxygen atoms in total. The fraction of sp³-hybridized carbons (Fsp3) is 0.0417. The predicted molar refractivity (Wildman–Crippen MR) is 116 cm³/mol. The van der Waals surface area contributed by atoms with Gasteiger partial charge in [-0.3, -0.25) is 9.78 Å². The summed E-state index contributed by atoms with van der Waals surface area (Å²) in [5, 5.41) is 2.28. The van der Waals surface area contributed by atoms with Crippen molar-refractivity contribution in [1.29, 1.82) is 0 Å². The first-order valence-electron chi connectivity index (χ1n) is 9.33. The van der Waals surface area contributed by atoms with Crippen molar-refractivity contribution in [3.63, 3.8) is 0 Å². The first-order chi connectivity index (χ1) is 14.1. The van der Waals surface area contributed by atoms with E-state index in [0.29, 0.717) is 16.6 Å². The quantitative estimate of drug-likeness (QED) is 0.500. The van der Waals surface area contributed by atoms with Crippen molar-refractivity contribution in [3.05, 3.63) is 106 Å². The third-order valence-electron chi connectivity index (χ3n) is 5.22. The van der Waals surface area contributed by atoms with Crippen LogP contribution in [0.3, 0.4) is 0 Å². The monoisotopic (exact) mass is 379 g/mol. The van der Waals surface area contributed by atoms with Crippen molar-refractivity contribution >= 4 is 21.7 Å². The van der Waals surface area contributed by atoms with Crippen molar-refractivity contribution in [2.24, 2.45) is 0 Å². The Morgan fingerprint density at radius 1 is 0.862 bits per heavy atom. The van der Waals surface area contributed by atoms with Gasteiger partial charge in [0.15, 0.2) is 0 Å². The molecule has 29 heavy (non-hydrogen) atoms. The molecule has 0 unspecified atom stereocenters. The van der Waals surface area contributed by atoms with Crippen LogP contribution < -0.4 is 11.2 Å². The zero-order chi connectivity index (χ0) is 20.0. The molecule has 5 aromatic rings. The van der Waals surface area contributed by atoms with Crippen LogP contribution in [0.4, 0.5) is 0 Å². The molecule has 0 saturated carbocycles. The number of benzene rings is 3. The maximum Gasteiger partial charge on any atom is 0.333 e. The maximum atomic E-state index is 13.2. The normalized spacial score (nSPS) is 11.2. The molecule has 3 aromatic carbocycles. The van der Waals surface area contributed by atoms with Gasteiger partial charge in [0, 0.05) is 22.8 Å². The van der Waals surface area contributed by atoms with Crippen LogP contribution in [-0.4, -0.2) is 14.5 Å². The fourth-order valence-electron chi connectivity index (χ4n) is 3.80. The third-order valence-corrected chi connectivity index (χ3v) is 5.22. The molecule has 0 fully saturated rings. The van der Waals surface area contributed by atoms with Crippen molar-refractivity contribution in [1.82, 2.24) is 14.5 Å². The Morgan fingerprint density at radius 3 is 2.55 bits per heavy atom. The fourth-order valence-corrected chi connectivity index (χ4v) is 3.80. The zero-order valence-electron chi connectivity index (χ0n) is 15.7. The Morgan fingerprint density at radius 2 is 1.69 bits per heavy atom. The third kappa shape index (κ3) is 2.75. The van der Waals surface area contributed by atoms with Crippen LogP contribution in [0.25, 0.3) is 38.5 Å². The number of nitrogens with one attached hydrogen (secondary N) is 1. The van der Waals surface area contributed by atoms with E-state index in [4.69, 9.17) is 0 Å². The Kier molecular flexibility index (Phi) is 3.88. The lowest BCUT2D eigenvalue weighted by Gasteiger charge is -2.11. The molecular formula is C24H17N3O2. The molecule has 0 aliphatic rings. The van der Waals surface area contributed by atoms with Crippen LogP contribution in [0.2, 0.25) is 0 Å². The van der Waals surface area contributed by atoms with E-state index < -0.39 is 5.69 Å². The Bertz CT molecular complexity index is 1510. The van der Waals surface area contributed by atoms with Gasteiger partial charge in [-0.15, -0.1) is 0 Å². The van der Waals surface area contributed by atoms with Gasteiger partial charge in [0.1, 0.15) is 0 Å². The highest BCUT2D eigenvalue weighted by Crippen LogP contribution is 2.25. The molecule has 0 aliphatic carbocycles. The largest absolute Gasteiger partial charge is 0.333 e. The second-order valence-corrected chi connectivity index (χ2v) is 6.97. The van der Waals surface area contributed by atoms with E-state index in [1.54, 1.807) is 18.3 Å². The molecule has 5 rings (SSSR count). The highest BCUT2D eigenvalue weighted by Gasteiger charge is 2.13. The smallest absolute Gasteiger partial charge is 0.306 e. The highest BCUT2D eigenvalue weighted by atomic mass is 16.2. The van der Waals surface area contributed by atoms with Crippen LogP contribution in [0.1, 0.15) is 5.69 Å². The SMILES string of the molecule is Cc1ncccc1-c1ccc2c(=O)n(-c3cccc4ccccc34)c(=O)[nH]c2c1. The van der Waals surface area contributed by atoms with E-state index in [2.05, 4.69) is 9.97 Å². The van der Waals surface area contributed by atoms with Gasteiger partial charge in [-0.25, -0.2) is 9.36 Å². The topological polar surface area (TPSA) is 67.8 Å². The maximum absolute atomic E-state index is 13.2. The number of aryl methyl sites for hydroxylation is 1. The number of hydrogen-bond donors (Lipinski definition) is 1. The number of pyridine rings is 1. The number of aromatic nitrogens is 3. The van der Waals surface area contributed by atoms with Gasteiger partial charge in [-0.05, 0) is 42.1 Å². The second kappa shape index (κ2) is 6.56. The summed E-state index contributed by atoms with van der Waals surface area (Å²) < 4.78 is 1.21. The summed E-state index contributed by atoms with van der Waals surface area (Å²) in [6.07, 6.45) is 1.74. The number of fused-ring (bicyclic) bond motifs is 2. The van der Waals surface area contributed by atoms with Crippen LogP contribution in [0, 0.1) is 6.92 Å². The first-order valence-corrected chi connectivity index (χ1v) is 9.33. The number of aromatic amines is 1. The summed E-state index contributed by atoms with van der Waals surface area (Å²) in [5.41, 5.74) is 3.04. The molecule has 0 saturated heterocycles. The highest BCUT2D eigenvalue weighted by molar-refractivity contribution is 5.91. The predicted octanol–water partition coefficient (Wildman–Crippen LogP) is 4.20. The van der Waals surface area contributed by atoms with Gasteiger partial charge in [0.2, 0.25) is 0 Å². The Hall–Kier alpha value is -3.99. The van der Waals surface area contributed by atoms with Gasteiger partial charge < -0.3 is 4.98 Å². The van der Waals surface area contributed by atoms with Gasteiger partial charge >= 0.3 is 5.69 Å². The molecule has 5 heteroatoms. The van der Waals surface area contributed by atoms with E-state index in [1.165, 1.54) is 4.57 Å². The summed E-state index contributed by atoms with van der Waals surface area (Å²) in [6.45, 7) is 1.93. The first kappa shape index (κ1) is 17.1. The summed E-state index contributed by atoms with van der Waals surface area (Å²) in [5.74, 6) is 0. The van der Waals surface area contributed by atoms with E-state index in [9.17, 15) is 9.59 Å². The molecule has 2 aromatic heterocycles. The van der Waals surface area contributed by atoms with Crippen LogP contribution in [-0.2, 0) is 0 Å². The molecule has 0 bridgehead atoms. The second-order valence-electron chi connectivity index (χ2n) is 6.97. The summed E-state index contributed by atoms with van der Waals surface area (Å²) >= 11 is 0. The molecular weight excluding hydrogens is 362 g/mol.